The number of hydrogen-bond donors (Lipinski definition) is 0. The van der Waals surface area contributed by atoms with Crippen molar-refractivity contribution in [2.75, 3.05) is 50.7 Å². The van der Waals surface area contributed by atoms with E-state index in [4.69, 9.17) is 4.98 Å². The van der Waals surface area contributed by atoms with Crippen molar-refractivity contribution < 1.29 is 4.79 Å². The van der Waals surface area contributed by atoms with Crippen LogP contribution in [0, 0.1) is 0 Å². The second-order valence-electron chi connectivity index (χ2n) is 8.38. The molecule has 2 aromatic carbocycles. The fraction of sp³-hybridized carbons (Fsp3) is 0.417. The quantitative estimate of drug-likeness (QED) is 0.672. The molecule has 2 aliphatic rings. The monoisotopic (exact) mass is 403 g/mol. The van der Waals surface area contributed by atoms with Crippen LogP contribution < -0.4 is 4.90 Å². The number of anilines is 1. The average molecular weight is 404 g/mol. The molecule has 1 aromatic heterocycles. The first kappa shape index (κ1) is 19.1. The minimum Gasteiger partial charge on any atom is -0.369 e. The van der Waals surface area contributed by atoms with E-state index in [9.17, 15) is 4.79 Å². The highest BCUT2D eigenvalue weighted by Gasteiger charge is 2.23. The van der Waals surface area contributed by atoms with Gasteiger partial charge in [-0.3, -0.25) is 9.69 Å². The molecule has 0 atom stereocenters. The Bertz CT molecular complexity index is 1040. The van der Waals surface area contributed by atoms with E-state index < -0.39 is 0 Å². The van der Waals surface area contributed by atoms with Crippen LogP contribution in [0.15, 0.2) is 48.5 Å². The van der Waals surface area contributed by atoms with E-state index in [1.807, 2.05) is 11.0 Å². The van der Waals surface area contributed by atoms with E-state index in [-0.39, 0.29) is 0 Å². The highest BCUT2D eigenvalue weighted by atomic mass is 16.2. The van der Waals surface area contributed by atoms with Crippen LogP contribution >= 0.6 is 0 Å². The average Bonchev–Trinajstić information content (AvgIpc) is 3.43. The zero-order valence-corrected chi connectivity index (χ0v) is 17.6. The molecule has 3 heterocycles. The molecular weight excluding hydrogens is 374 g/mol. The third-order valence-corrected chi connectivity index (χ3v) is 6.45. The first-order valence-corrected chi connectivity index (χ1v) is 11.0. The second kappa shape index (κ2) is 8.11. The van der Waals surface area contributed by atoms with Crippen molar-refractivity contribution in [2.45, 2.75) is 12.8 Å². The second-order valence-corrected chi connectivity index (χ2v) is 8.38. The van der Waals surface area contributed by atoms with Crippen molar-refractivity contribution in [1.29, 1.82) is 0 Å². The minimum absolute atomic E-state index is 0.296. The van der Waals surface area contributed by atoms with Crippen LogP contribution in [-0.2, 0) is 11.8 Å². The molecule has 2 saturated heterocycles. The number of likely N-dealkylation sites (tertiary alicyclic amines) is 1. The number of carbonyl (C=O) groups excluding carboxylic acids is 1. The van der Waals surface area contributed by atoms with Gasteiger partial charge >= 0.3 is 0 Å². The molecule has 5 rings (SSSR count). The van der Waals surface area contributed by atoms with E-state index in [0.717, 1.165) is 74.5 Å². The standard InChI is InChI=1S/C24H29N5O/c1-26-22-10-3-2-9-21(22)25-24(26)19-7-6-8-20(17-19)28-15-13-27(14-16-28)18-23(30)29-11-4-5-12-29/h2-3,6-10,17H,4-5,11-16,18H2,1H3. The Balaban J connectivity index is 1.27. The lowest BCUT2D eigenvalue weighted by Gasteiger charge is -2.36. The minimum atomic E-state index is 0.296. The van der Waals surface area contributed by atoms with Crippen LogP contribution in [0.2, 0.25) is 0 Å². The van der Waals surface area contributed by atoms with E-state index in [1.165, 1.54) is 5.69 Å². The summed E-state index contributed by atoms with van der Waals surface area (Å²) in [6.45, 7) is 6.18. The third kappa shape index (κ3) is 3.67. The molecule has 0 aliphatic carbocycles. The molecule has 0 saturated carbocycles. The number of benzene rings is 2. The molecule has 6 nitrogen and oxygen atoms in total. The molecule has 0 spiro atoms. The lowest BCUT2D eigenvalue weighted by molar-refractivity contribution is -0.131. The third-order valence-electron chi connectivity index (χ3n) is 6.45. The molecule has 0 bridgehead atoms. The van der Waals surface area contributed by atoms with Gasteiger partial charge in [0.1, 0.15) is 5.82 Å². The summed E-state index contributed by atoms with van der Waals surface area (Å²) in [5, 5.41) is 0. The Kier molecular flexibility index (Phi) is 5.17. The first-order chi connectivity index (χ1) is 14.7. The summed E-state index contributed by atoms with van der Waals surface area (Å²) in [7, 11) is 2.08. The van der Waals surface area contributed by atoms with Crippen LogP contribution in [0.4, 0.5) is 5.69 Å². The van der Waals surface area contributed by atoms with Gasteiger partial charge < -0.3 is 14.4 Å². The van der Waals surface area contributed by atoms with Gasteiger partial charge in [0.25, 0.3) is 0 Å². The Morgan fingerprint density at radius 2 is 1.70 bits per heavy atom. The largest absolute Gasteiger partial charge is 0.369 e. The molecule has 2 aliphatic heterocycles. The fourth-order valence-corrected chi connectivity index (χ4v) is 4.67. The number of fused-ring (bicyclic) bond motifs is 1. The van der Waals surface area contributed by atoms with Gasteiger partial charge in [-0.25, -0.2) is 4.98 Å². The number of nitrogens with zero attached hydrogens (tertiary/aromatic N) is 5. The first-order valence-electron chi connectivity index (χ1n) is 11.0. The number of hydrogen-bond acceptors (Lipinski definition) is 4. The van der Waals surface area contributed by atoms with Crippen molar-refractivity contribution in [3.05, 3.63) is 48.5 Å². The highest BCUT2D eigenvalue weighted by molar-refractivity contribution is 5.81. The van der Waals surface area contributed by atoms with Crippen molar-refractivity contribution in [3.8, 4) is 11.4 Å². The summed E-state index contributed by atoms with van der Waals surface area (Å²) in [6, 6.07) is 16.9. The summed E-state index contributed by atoms with van der Waals surface area (Å²) in [5.41, 5.74) is 4.54. The van der Waals surface area contributed by atoms with Gasteiger partial charge in [-0.15, -0.1) is 0 Å². The van der Waals surface area contributed by atoms with Crippen LogP contribution in [0.3, 0.4) is 0 Å². The lowest BCUT2D eigenvalue weighted by Crippen LogP contribution is -2.49. The molecule has 0 radical (unpaired) electrons. The number of aryl methyl sites for hydroxylation is 1. The van der Waals surface area contributed by atoms with Gasteiger partial charge in [0.15, 0.2) is 0 Å². The number of carbonyl (C=O) groups is 1. The molecule has 2 fully saturated rings. The number of amides is 1. The maximum absolute atomic E-state index is 12.4. The number of para-hydroxylation sites is 2. The van der Waals surface area contributed by atoms with Gasteiger partial charge in [-0.05, 0) is 37.1 Å². The van der Waals surface area contributed by atoms with Crippen molar-refractivity contribution in [2.24, 2.45) is 7.05 Å². The van der Waals surface area contributed by atoms with Gasteiger partial charge in [-0.1, -0.05) is 24.3 Å². The van der Waals surface area contributed by atoms with Gasteiger partial charge in [0, 0.05) is 57.6 Å². The van der Waals surface area contributed by atoms with Crippen LogP contribution in [0.1, 0.15) is 12.8 Å². The van der Waals surface area contributed by atoms with Crippen molar-refractivity contribution in [1.82, 2.24) is 19.4 Å². The van der Waals surface area contributed by atoms with E-state index in [0.29, 0.717) is 12.5 Å². The summed E-state index contributed by atoms with van der Waals surface area (Å²) >= 11 is 0. The van der Waals surface area contributed by atoms with Gasteiger partial charge in [0.05, 0.1) is 17.6 Å². The molecule has 156 valence electrons. The Morgan fingerprint density at radius 3 is 2.47 bits per heavy atom. The SMILES string of the molecule is Cn1c(-c2cccc(N3CCN(CC(=O)N4CCCC4)CC3)c2)nc2ccccc21. The molecule has 1 amide bonds. The number of rotatable bonds is 4. The molecular formula is C24H29N5O. The van der Waals surface area contributed by atoms with Crippen molar-refractivity contribution in [3.63, 3.8) is 0 Å². The molecule has 3 aromatic rings. The number of piperazine rings is 1. The van der Waals surface area contributed by atoms with Crippen LogP contribution in [-0.4, -0.2) is 71.1 Å². The molecule has 30 heavy (non-hydrogen) atoms. The summed E-state index contributed by atoms with van der Waals surface area (Å²) < 4.78 is 2.16. The van der Waals surface area contributed by atoms with Crippen LogP contribution in [0.25, 0.3) is 22.4 Å². The topological polar surface area (TPSA) is 44.6 Å². The zero-order chi connectivity index (χ0) is 20.5. The summed E-state index contributed by atoms with van der Waals surface area (Å²) in [6.07, 6.45) is 2.31. The fourth-order valence-electron chi connectivity index (χ4n) is 4.67. The summed E-state index contributed by atoms with van der Waals surface area (Å²) in [5.74, 6) is 1.29. The van der Waals surface area contributed by atoms with E-state index in [2.05, 4.69) is 63.9 Å². The molecule has 6 heteroatoms. The maximum atomic E-state index is 12.4. The zero-order valence-electron chi connectivity index (χ0n) is 17.6. The normalized spacial score (nSPS) is 17.8. The Labute approximate surface area is 177 Å². The maximum Gasteiger partial charge on any atom is 0.236 e. The number of aromatic nitrogens is 2. The molecule has 0 N–H and O–H groups in total. The predicted molar refractivity (Wildman–Crippen MR) is 121 cm³/mol. The number of imidazole rings is 1. The van der Waals surface area contributed by atoms with Gasteiger partial charge in [0.2, 0.25) is 5.91 Å². The predicted octanol–water partition coefficient (Wildman–Crippen LogP) is 2.98. The Hall–Kier alpha value is -2.86. The van der Waals surface area contributed by atoms with E-state index in [1.54, 1.807) is 0 Å². The Morgan fingerprint density at radius 1 is 0.933 bits per heavy atom. The summed E-state index contributed by atoms with van der Waals surface area (Å²) in [4.78, 5) is 24.0. The van der Waals surface area contributed by atoms with Crippen molar-refractivity contribution >= 4 is 22.6 Å². The smallest absolute Gasteiger partial charge is 0.236 e. The highest BCUT2D eigenvalue weighted by Crippen LogP contribution is 2.27. The van der Waals surface area contributed by atoms with Crippen LogP contribution in [0.5, 0.6) is 0 Å². The molecule has 0 unspecified atom stereocenters. The van der Waals surface area contributed by atoms with E-state index >= 15 is 0 Å². The lowest BCUT2D eigenvalue weighted by atomic mass is 10.1. The van der Waals surface area contributed by atoms with Gasteiger partial charge in [-0.2, -0.15) is 0 Å².